The molecule has 0 saturated carbocycles. The van der Waals surface area contributed by atoms with Gasteiger partial charge in [-0.15, -0.1) is 10.2 Å². The Balaban J connectivity index is 1.69. The van der Waals surface area contributed by atoms with E-state index < -0.39 is 0 Å². The number of rotatable bonds is 2. The zero-order valence-corrected chi connectivity index (χ0v) is 13.4. The number of nitrogens with zero attached hydrogens (tertiary/aromatic N) is 5. The highest BCUT2D eigenvalue weighted by atomic mass is 35.5. The van der Waals surface area contributed by atoms with Crippen LogP contribution < -0.4 is 4.90 Å². The van der Waals surface area contributed by atoms with Crippen molar-refractivity contribution in [2.45, 2.75) is 19.1 Å². The highest BCUT2D eigenvalue weighted by Crippen LogP contribution is 2.30. The zero-order valence-electron chi connectivity index (χ0n) is 12.6. The Morgan fingerprint density at radius 2 is 2.26 bits per heavy atom. The van der Waals surface area contributed by atoms with Crippen LogP contribution in [0.15, 0.2) is 43.0 Å². The molecule has 7 heteroatoms. The van der Waals surface area contributed by atoms with Crippen LogP contribution in [0.1, 0.15) is 18.6 Å². The Hall–Kier alpha value is -2.18. The van der Waals surface area contributed by atoms with E-state index in [2.05, 4.69) is 27.0 Å². The molecule has 1 aliphatic heterocycles. The fraction of sp³-hybridized carbons (Fsp3) is 0.312. The lowest BCUT2D eigenvalue weighted by Gasteiger charge is -2.38. The van der Waals surface area contributed by atoms with Gasteiger partial charge in [-0.3, -0.25) is 4.40 Å². The molecule has 2 aromatic heterocycles. The van der Waals surface area contributed by atoms with Crippen molar-refractivity contribution in [1.29, 1.82) is 0 Å². The normalized spacial score (nSPS) is 21.7. The molecule has 0 bridgehead atoms. The largest absolute Gasteiger partial charge is 0.370 e. The summed E-state index contributed by atoms with van der Waals surface area (Å²) in [4.78, 5) is 6.74. The minimum Gasteiger partial charge on any atom is -0.370 e. The zero-order chi connectivity index (χ0) is 15.8. The number of fused-ring (bicyclic) bond motifs is 1. The number of anilines is 1. The molecule has 0 unspecified atom stereocenters. The average Bonchev–Trinajstić information content (AvgIpc) is 3.04. The second-order valence-electron chi connectivity index (χ2n) is 5.69. The molecule has 1 saturated heterocycles. The van der Waals surface area contributed by atoms with E-state index in [-0.39, 0.29) is 12.1 Å². The van der Waals surface area contributed by atoms with Crippen LogP contribution >= 0.6 is 11.6 Å². The van der Waals surface area contributed by atoms with Gasteiger partial charge in [0.05, 0.1) is 19.2 Å². The third-order valence-corrected chi connectivity index (χ3v) is 4.36. The fourth-order valence-electron chi connectivity index (χ4n) is 2.91. The molecule has 0 radical (unpaired) electrons. The van der Waals surface area contributed by atoms with E-state index in [1.54, 1.807) is 12.5 Å². The predicted octanol–water partition coefficient (Wildman–Crippen LogP) is 2.74. The predicted molar refractivity (Wildman–Crippen MR) is 87.7 cm³/mol. The highest BCUT2D eigenvalue weighted by molar-refractivity contribution is 6.30. The van der Waals surface area contributed by atoms with Crippen LogP contribution in [-0.2, 0) is 4.74 Å². The maximum absolute atomic E-state index is 6.11. The molecule has 1 aromatic carbocycles. The van der Waals surface area contributed by atoms with E-state index in [4.69, 9.17) is 16.3 Å². The van der Waals surface area contributed by atoms with Gasteiger partial charge in [0.25, 0.3) is 0 Å². The Labute approximate surface area is 138 Å². The summed E-state index contributed by atoms with van der Waals surface area (Å²) < 4.78 is 7.88. The Bertz CT molecular complexity index is 836. The lowest BCUT2D eigenvalue weighted by molar-refractivity contribution is 0.0213. The first-order chi connectivity index (χ1) is 11.2. The molecule has 6 nitrogen and oxygen atoms in total. The summed E-state index contributed by atoms with van der Waals surface area (Å²) >= 11 is 6.11. The van der Waals surface area contributed by atoms with Gasteiger partial charge in [0.15, 0.2) is 5.82 Å². The van der Waals surface area contributed by atoms with Gasteiger partial charge < -0.3 is 9.64 Å². The van der Waals surface area contributed by atoms with Gasteiger partial charge in [-0.2, -0.15) is 0 Å². The summed E-state index contributed by atoms with van der Waals surface area (Å²) in [5.41, 5.74) is 1.83. The van der Waals surface area contributed by atoms with E-state index in [0.717, 1.165) is 17.0 Å². The first-order valence-corrected chi connectivity index (χ1v) is 7.88. The summed E-state index contributed by atoms with van der Waals surface area (Å²) in [6.07, 6.45) is 5.25. The summed E-state index contributed by atoms with van der Waals surface area (Å²) in [7, 11) is 0. The second kappa shape index (κ2) is 5.79. The van der Waals surface area contributed by atoms with Crippen molar-refractivity contribution in [3.05, 3.63) is 53.6 Å². The van der Waals surface area contributed by atoms with Crippen LogP contribution in [0.4, 0.5) is 5.82 Å². The van der Waals surface area contributed by atoms with Crippen LogP contribution in [0.5, 0.6) is 0 Å². The molecule has 1 aliphatic rings. The third-order valence-electron chi connectivity index (χ3n) is 4.12. The molecule has 118 valence electrons. The molecule has 0 N–H and O–H groups in total. The van der Waals surface area contributed by atoms with Crippen molar-refractivity contribution in [2.75, 3.05) is 18.1 Å². The van der Waals surface area contributed by atoms with E-state index in [0.29, 0.717) is 18.2 Å². The molecular weight excluding hydrogens is 314 g/mol. The second-order valence-corrected chi connectivity index (χ2v) is 6.13. The van der Waals surface area contributed by atoms with E-state index in [1.807, 2.05) is 34.9 Å². The van der Waals surface area contributed by atoms with Gasteiger partial charge in [-0.05, 0) is 24.6 Å². The molecule has 0 aliphatic carbocycles. The smallest absolute Gasteiger partial charge is 0.203 e. The van der Waals surface area contributed by atoms with Crippen molar-refractivity contribution in [1.82, 2.24) is 19.6 Å². The number of morpholine rings is 1. The van der Waals surface area contributed by atoms with Gasteiger partial charge in [-0.25, -0.2) is 4.98 Å². The number of halogens is 1. The molecule has 4 rings (SSSR count). The lowest BCUT2D eigenvalue weighted by Crippen LogP contribution is -2.45. The van der Waals surface area contributed by atoms with Crippen molar-refractivity contribution in [3.8, 4) is 0 Å². The first-order valence-electron chi connectivity index (χ1n) is 7.50. The Kier molecular flexibility index (Phi) is 3.63. The fourth-order valence-corrected chi connectivity index (χ4v) is 3.11. The number of benzene rings is 1. The maximum Gasteiger partial charge on any atom is 0.203 e. The molecule has 0 spiro atoms. The van der Waals surface area contributed by atoms with E-state index >= 15 is 0 Å². The maximum atomic E-state index is 6.11. The summed E-state index contributed by atoms with van der Waals surface area (Å²) in [6, 6.07) is 8.01. The molecule has 3 heterocycles. The summed E-state index contributed by atoms with van der Waals surface area (Å²) in [6.45, 7) is 3.44. The lowest BCUT2D eigenvalue weighted by atomic mass is 10.1. The van der Waals surface area contributed by atoms with Gasteiger partial charge in [0, 0.05) is 17.4 Å². The SMILES string of the molecule is C[C@H]1CO[C@@H](c2cccc(Cl)c2)CN1c1nccn2cnnc12. The topological polar surface area (TPSA) is 55.5 Å². The van der Waals surface area contributed by atoms with Crippen LogP contribution in [0.2, 0.25) is 5.02 Å². The molecule has 23 heavy (non-hydrogen) atoms. The Morgan fingerprint density at radius 3 is 3.13 bits per heavy atom. The quantitative estimate of drug-likeness (QED) is 0.723. The standard InChI is InChI=1S/C16H16ClN5O/c1-11-9-23-14(12-3-2-4-13(17)7-12)8-22(11)15-16-20-19-10-21(16)6-5-18-15/h2-7,10-11,14H,8-9H2,1H3/t11-,14+/m0/s1. The first kappa shape index (κ1) is 14.4. The summed E-state index contributed by atoms with van der Waals surface area (Å²) in [5.74, 6) is 0.827. The van der Waals surface area contributed by atoms with Gasteiger partial charge >= 0.3 is 0 Å². The average molecular weight is 330 g/mol. The number of ether oxygens (including phenoxy) is 1. The monoisotopic (exact) mass is 329 g/mol. The van der Waals surface area contributed by atoms with Gasteiger partial charge in [0.1, 0.15) is 12.4 Å². The molecule has 2 atom stereocenters. The van der Waals surface area contributed by atoms with Crippen LogP contribution in [0.25, 0.3) is 5.65 Å². The van der Waals surface area contributed by atoms with Gasteiger partial charge in [-0.1, -0.05) is 23.7 Å². The van der Waals surface area contributed by atoms with Crippen LogP contribution in [0.3, 0.4) is 0 Å². The number of aromatic nitrogens is 4. The van der Waals surface area contributed by atoms with Crippen molar-refractivity contribution in [3.63, 3.8) is 0 Å². The molecule has 1 fully saturated rings. The molecular formula is C16H16ClN5O. The van der Waals surface area contributed by atoms with E-state index in [1.165, 1.54) is 0 Å². The Morgan fingerprint density at radius 1 is 1.35 bits per heavy atom. The minimum absolute atomic E-state index is 0.0464. The summed E-state index contributed by atoms with van der Waals surface area (Å²) in [5, 5.41) is 8.87. The highest BCUT2D eigenvalue weighted by Gasteiger charge is 2.29. The molecule has 0 amide bonds. The van der Waals surface area contributed by atoms with E-state index in [9.17, 15) is 0 Å². The van der Waals surface area contributed by atoms with Crippen LogP contribution in [-0.4, -0.2) is 38.8 Å². The molecule has 3 aromatic rings. The van der Waals surface area contributed by atoms with Crippen molar-refractivity contribution in [2.24, 2.45) is 0 Å². The number of hydrogen-bond donors (Lipinski definition) is 0. The number of hydrogen-bond acceptors (Lipinski definition) is 5. The third kappa shape index (κ3) is 2.64. The van der Waals surface area contributed by atoms with Gasteiger partial charge in [0.2, 0.25) is 5.65 Å². The van der Waals surface area contributed by atoms with Crippen molar-refractivity contribution < 1.29 is 4.74 Å². The van der Waals surface area contributed by atoms with Crippen LogP contribution in [0, 0.1) is 0 Å². The minimum atomic E-state index is -0.0464. The van der Waals surface area contributed by atoms with Crippen molar-refractivity contribution >= 4 is 23.1 Å².